The minimum atomic E-state index is -0.741. The number of nitriles is 2. The topological polar surface area (TPSA) is 122 Å². The van der Waals surface area contributed by atoms with Crippen molar-refractivity contribution in [2.24, 2.45) is 0 Å². The summed E-state index contributed by atoms with van der Waals surface area (Å²) < 4.78 is 14.2. The van der Waals surface area contributed by atoms with Crippen LogP contribution in [0.25, 0.3) is 10.9 Å². The summed E-state index contributed by atoms with van der Waals surface area (Å²) in [6.07, 6.45) is 2.91. The van der Waals surface area contributed by atoms with Gasteiger partial charge in [-0.15, -0.1) is 0 Å². The molecule has 1 aliphatic carbocycles. The SMILES string of the molecule is C[C@@H](NC(=O)Cc1c(C2CC2)c2cc(C#N)ccc2[nH]c1=O)c1ncc(C#N)cc1F. The fourth-order valence-electron chi connectivity index (χ4n) is 3.79. The fourth-order valence-corrected chi connectivity index (χ4v) is 3.79. The van der Waals surface area contributed by atoms with Gasteiger partial charge in [-0.3, -0.25) is 14.6 Å². The van der Waals surface area contributed by atoms with Crippen LogP contribution < -0.4 is 10.9 Å². The molecule has 154 valence electrons. The Labute approximate surface area is 177 Å². The van der Waals surface area contributed by atoms with Gasteiger partial charge in [0, 0.05) is 22.7 Å². The minimum Gasteiger partial charge on any atom is -0.348 e. The van der Waals surface area contributed by atoms with Crippen molar-refractivity contribution in [1.82, 2.24) is 15.3 Å². The Balaban J connectivity index is 1.64. The van der Waals surface area contributed by atoms with Gasteiger partial charge in [-0.2, -0.15) is 10.5 Å². The Hall–Kier alpha value is -4.04. The lowest BCUT2D eigenvalue weighted by Crippen LogP contribution is -2.31. The second-order valence-electron chi connectivity index (χ2n) is 7.66. The summed E-state index contributed by atoms with van der Waals surface area (Å²) in [5.74, 6) is -0.948. The number of H-pyrrole nitrogens is 1. The van der Waals surface area contributed by atoms with E-state index in [9.17, 15) is 19.2 Å². The van der Waals surface area contributed by atoms with E-state index in [0.717, 1.165) is 29.9 Å². The monoisotopic (exact) mass is 415 g/mol. The van der Waals surface area contributed by atoms with Crippen molar-refractivity contribution in [2.45, 2.75) is 38.1 Å². The molecule has 0 saturated heterocycles. The van der Waals surface area contributed by atoms with E-state index in [4.69, 9.17) is 5.26 Å². The van der Waals surface area contributed by atoms with Crippen molar-refractivity contribution in [3.05, 3.63) is 74.6 Å². The van der Waals surface area contributed by atoms with Gasteiger partial charge >= 0.3 is 0 Å². The molecule has 0 radical (unpaired) electrons. The molecule has 2 aromatic heterocycles. The van der Waals surface area contributed by atoms with Crippen molar-refractivity contribution in [3.63, 3.8) is 0 Å². The zero-order valence-corrected chi connectivity index (χ0v) is 16.7. The molecule has 8 heteroatoms. The maximum atomic E-state index is 14.2. The number of benzene rings is 1. The minimum absolute atomic E-state index is 0.0147. The van der Waals surface area contributed by atoms with Crippen LogP contribution in [0.4, 0.5) is 4.39 Å². The van der Waals surface area contributed by atoms with E-state index in [1.165, 1.54) is 6.20 Å². The highest BCUT2D eigenvalue weighted by Crippen LogP contribution is 2.44. The summed E-state index contributed by atoms with van der Waals surface area (Å²) in [4.78, 5) is 32.2. The third-order valence-corrected chi connectivity index (χ3v) is 5.40. The van der Waals surface area contributed by atoms with Crippen LogP contribution in [0.5, 0.6) is 0 Å². The number of aromatic amines is 1. The Morgan fingerprint density at radius 2 is 2.03 bits per heavy atom. The molecule has 0 aliphatic heterocycles. The number of nitrogens with zero attached hydrogens (tertiary/aromatic N) is 3. The Morgan fingerprint density at radius 1 is 1.29 bits per heavy atom. The van der Waals surface area contributed by atoms with Crippen molar-refractivity contribution >= 4 is 16.8 Å². The van der Waals surface area contributed by atoms with Crippen LogP contribution in [-0.2, 0) is 11.2 Å². The molecular weight excluding hydrogens is 397 g/mol. The summed E-state index contributed by atoms with van der Waals surface area (Å²) in [5.41, 5.74) is 2.04. The average Bonchev–Trinajstić information content (AvgIpc) is 3.58. The van der Waals surface area contributed by atoms with Gasteiger partial charge in [-0.1, -0.05) is 0 Å². The largest absolute Gasteiger partial charge is 0.348 e. The molecule has 2 heterocycles. The average molecular weight is 415 g/mol. The quantitative estimate of drug-likeness (QED) is 0.663. The lowest BCUT2D eigenvalue weighted by Gasteiger charge is -2.16. The predicted molar refractivity (Wildman–Crippen MR) is 110 cm³/mol. The van der Waals surface area contributed by atoms with Crippen molar-refractivity contribution in [2.75, 3.05) is 0 Å². The van der Waals surface area contributed by atoms with E-state index < -0.39 is 17.8 Å². The molecule has 1 saturated carbocycles. The Kier molecular flexibility index (Phi) is 5.22. The number of aromatic nitrogens is 2. The maximum absolute atomic E-state index is 14.2. The molecule has 1 atom stereocenters. The first kappa shape index (κ1) is 20.2. The van der Waals surface area contributed by atoms with E-state index in [1.54, 1.807) is 25.1 Å². The van der Waals surface area contributed by atoms with Gasteiger partial charge in [0.2, 0.25) is 5.91 Å². The Morgan fingerprint density at radius 3 is 2.68 bits per heavy atom. The zero-order chi connectivity index (χ0) is 22.1. The highest BCUT2D eigenvalue weighted by atomic mass is 19.1. The van der Waals surface area contributed by atoms with Crippen LogP contribution in [0.1, 0.15) is 59.7 Å². The van der Waals surface area contributed by atoms with E-state index in [1.807, 2.05) is 6.07 Å². The van der Waals surface area contributed by atoms with Gasteiger partial charge in [-0.25, -0.2) is 4.39 Å². The van der Waals surface area contributed by atoms with Crippen LogP contribution >= 0.6 is 0 Å². The van der Waals surface area contributed by atoms with Crippen molar-refractivity contribution < 1.29 is 9.18 Å². The highest BCUT2D eigenvalue weighted by Gasteiger charge is 2.30. The fraction of sp³-hybridized carbons (Fsp3) is 0.261. The number of fused-ring (bicyclic) bond motifs is 1. The van der Waals surface area contributed by atoms with Crippen LogP contribution in [0, 0.1) is 28.5 Å². The molecule has 7 nitrogen and oxygen atoms in total. The second-order valence-corrected chi connectivity index (χ2v) is 7.66. The maximum Gasteiger partial charge on any atom is 0.252 e. The van der Waals surface area contributed by atoms with Crippen LogP contribution in [0.15, 0.2) is 35.3 Å². The summed E-state index contributed by atoms with van der Waals surface area (Å²) in [5, 5.41) is 21.5. The van der Waals surface area contributed by atoms with Crippen LogP contribution in [-0.4, -0.2) is 15.9 Å². The first-order valence-corrected chi connectivity index (χ1v) is 9.85. The van der Waals surface area contributed by atoms with Gasteiger partial charge in [0.1, 0.15) is 11.9 Å². The number of hydrogen-bond acceptors (Lipinski definition) is 5. The van der Waals surface area contributed by atoms with E-state index in [-0.39, 0.29) is 29.2 Å². The van der Waals surface area contributed by atoms with E-state index in [0.29, 0.717) is 16.6 Å². The summed E-state index contributed by atoms with van der Waals surface area (Å²) >= 11 is 0. The van der Waals surface area contributed by atoms with Crippen molar-refractivity contribution in [1.29, 1.82) is 10.5 Å². The number of pyridine rings is 2. The number of rotatable bonds is 5. The van der Waals surface area contributed by atoms with Crippen molar-refractivity contribution in [3.8, 4) is 12.1 Å². The predicted octanol–water partition coefficient (Wildman–Crippen LogP) is 3.10. The standard InChI is InChI=1S/C23H18FN5O2/c1-12(22-18(24)7-14(10-26)11-27-22)28-20(30)8-17-21(15-3-4-15)16-6-13(9-25)2-5-19(16)29-23(17)31/h2,5-7,11-12,15H,3-4,8H2,1H3,(H,28,30)(H,29,31)/t12-/m1/s1. The first-order valence-electron chi connectivity index (χ1n) is 9.85. The molecular formula is C23H18FN5O2. The third kappa shape index (κ3) is 4.01. The van der Waals surface area contributed by atoms with Gasteiger partial charge in [0.05, 0.1) is 35.4 Å². The Bertz CT molecular complexity index is 1350. The van der Waals surface area contributed by atoms with Gasteiger partial charge in [0.15, 0.2) is 0 Å². The zero-order valence-electron chi connectivity index (χ0n) is 16.7. The third-order valence-electron chi connectivity index (χ3n) is 5.40. The number of halogens is 1. The number of hydrogen-bond donors (Lipinski definition) is 2. The second kappa shape index (κ2) is 8.00. The normalized spacial score (nSPS) is 13.9. The van der Waals surface area contributed by atoms with E-state index in [2.05, 4.69) is 21.4 Å². The molecule has 0 spiro atoms. The van der Waals surface area contributed by atoms with Gasteiger partial charge in [0.25, 0.3) is 5.56 Å². The molecule has 0 unspecified atom stereocenters. The lowest BCUT2D eigenvalue weighted by molar-refractivity contribution is -0.121. The smallest absolute Gasteiger partial charge is 0.252 e. The van der Waals surface area contributed by atoms with Crippen LogP contribution in [0.2, 0.25) is 0 Å². The molecule has 1 aliphatic rings. The van der Waals surface area contributed by atoms with Gasteiger partial charge < -0.3 is 10.3 Å². The lowest BCUT2D eigenvalue weighted by atomic mass is 9.96. The summed E-state index contributed by atoms with van der Waals surface area (Å²) in [6, 6.07) is 9.32. The number of nitrogens with one attached hydrogen (secondary N) is 2. The molecule has 3 aromatic rings. The number of carbonyl (C=O) groups excluding carboxylic acids is 1. The molecule has 1 fully saturated rings. The molecule has 2 N–H and O–H groups in total. The molecule has 1 aromatic carbocycles. The van der Waals surface area contributed by atoms with E-state index >= 15 is 0 Å². The number of amides is 1. The molecule has 4 rings (SSSR count). The number of carbonyl (C=O) groups is 1. The highest BCUT2D eigenvalue weighted by molar-refractivity contribution is 5.87. The van der Waals surface area contributed by atoms with Gasteiger partial charge in [-0.05, 0) is 55.5 Å². The summed E-state index contributed by atoms with van der Waals surface area (Å²) in [6.45, 7) is 1.58. The first-order chi connectivity index (χ1) is 14.9. The molecule has 0 bridgehead atoms. The summed E-state index contributed by atoms with van der Waals surface area (Å²) in [7, 11) is 0. The molecule has 1 amide bonds. The molecule has 31 heavy (non-hydrogen) atoms. The van der Waals surface area contributed by atoms with Crippen LogP contribution in [0.3, 0.4) is 0 Å².